The minimum absolute atomic E-state index is 0.00532. The molecule has 7 N–H and O–H groups in total. The molecule has 3 aliphatic rings. The molecule has 3 unspecified atom stereocenters. The number of amides is 2. The van der Waals surface area contributed by atoms with Crippen LogP contribution in [0.25, 0.3) is 0 Å². The minimum atomic E-state index is -2.70. The quantitative estimate of drug-likeness (QED) is 0.224. The van der Waals surface area contributed by atoms with Crippen molar-refractivity contribution in [1.29, 1.82) is 0 Å². The Morgan fingerprint density at radius 2 is 1.76 bits per heavy atom. The van der Waals surface area contributed by atoms with Crippen molar-refractivity contribution in [3.8, 4) is 5.75 Å². The Bertz CT molecular complexity index is 1330. The highest BCUT2D eigenvalue weighted by molar-refractivity contribution is 6.25. The Labute approximate surface area is 219 Å². The highest BCUT2D eigenvalue weighted by Crippen LogP contribution is 2.52. The van der Waals surface area contributed by atoms with Crippen molar-refractivity contribution < 1.29 is 39.6 Å². The summed E-state index contributed by atoms with van der Waals surface area (Å²) < 4.78 is 0. The van der Waals surface area contributed by atoms with Crippen LogP contribution in [0.5, 0.6) is 5.75 Å². The standard InChI is InChI=1S/C26H32N4O8/c1-10(29(2)3)25(37)28-14-7-6-11-8-12-9-13-18(30(4)5)21(33)17(24(27)36)23(35)26(13,38)22(34)16(12)20(32)15(11)19(14)31/h6-7,10,12-13,18,31,33-34,38H,8-9H2,1-5H3,(H2,27,36)(H,28,37)/t10?,12?,13?,18-,26-/m0/s1. The normalized spacial score (nSPS) is 27.7. The van der Waals surface area contributed by atoms with Crippen LogP contribution in [0.2, 0.25) is 0 Å². The van der Waals surface area contributed by atoms with Gasteiger partial charge in [0.1, 0.15) is 17.1 Å². The number of rotatable bonds is 5. The summed E-state index contributed by atoms with van der Waals surface area (Å²) >= 11 is 0. The van der Waals surface area contributed by atoms with E-state index in [1.165, 1.54) is 11.0 Å². The number of hydrogen-bond donors (Lipinski definition) is 6. The van der Waals surface area contributed by atoms with Gasteiger partial charge in [-0.1, -0.05) is 6.07 Å². The Hall–Kier alpha value is -3.74. The van der Waals surface area contributed by atoms with Crippen LogP contribution in [-0.4, -0.2) is 99.5 Å². The number of carbonyl (C=O) groups excluding carboxylic acids is 4. The number of aromatic hydroxyl groups is 1. The van der Waals surface area contributed by atoms with Crippen molar-refractivity contribution in [2.45, 2.75) is 37.5 Å². The van der Waals surface area contributed by atoms with E-state index in [1.54, 1.807) is 46.1 Å². The molecule has 12 heteroatoms. The van der Waals surface area contributed by atoms with Gasteiger partial charge in [-0.15, -0.1) is 0 Å². The molecule has 0 spiro atoms. The number of primary amides is 1. The average molecular weight is 529 g/mol. The van der Waals surface area contributed by atoms with E-state index >= 15 is 0 Å². The summed E-state index contributed by atoms with van der Waals surface area (Å²) in [5.74, 6) is -7.62. The number of phenols is 1. The molecule has 0 aliphatic heterocycles. The summed E-state index contributed by atoms with van der Waals surface area (Å²) in [6.07, 6.45) is 0.176. The molecule has 1 aromatic carbocycles. The number of fused-ring (bicyclic) bond motifs is 3. The van der Waals surface area contributed by atoms with Gasteiger partial charge in [-0.25, -0.2) is 0 Å². The Morgan fingerprint density at radius 3 is 2.32 bits per heavy atom. The predicted molar refractivity (Wildman–Crippen MR) is 135 cm³/mol. The fourth-order valence-corrected chi connectivity index (χ4v) is 5.80. The number of aliphatic hydroxyl groups is 3. The maximum Gasteiger partial charge on any atom is 0.255 e. The van der Waals surface area contributed by atoms with Gasteiger partial charge in [0.05, 0.1) is 23.3 Å². The lowest BCUT2D eigenvalue weighted by molar-refractivity contribution is -0.148. The molecule has 3 aliphatic carbocycles. The zero-order valence-corrected chi connectivity index (χ0v) is 21.8. The molecule has 0 radical (unpaired) electrons. The van der Waals surface area contributed by atoms with Crippen LogP contribution >= 0.6 is 0 Å². The Balaban J connectivity index is 1.84. The predicted octanol–water partition coefficient (Wildman–Crippen LogP) is 0.00920. The topological polar surface area (TPSA) is 194 Å². The van der Waals surface area contributed by atoms with Crippen molar-refractivity contribution in [3.63, 3.8) is 0 Å². The summed E-state index contributed by atoms with van der Waals surface area (Å²) in [4.78, 5) is 54.7. The second-order valence-corrected chi connectivity index (χ2v) is 10.6. The van der Waals surface area contributed by atoms with Crippen molar-refractivity contribution in [1.82, 2.24) is 9.80 Å². The van der Waals surface area contributed by atoms with E-state index in [0.717, 1.165) is 0 Å². The largest absolute Gasteiger partial charge is 0.510 e. The number of hydrogen-bond acceptors (Lipinski definition) is 10. The summed E-state index contributed by atoms with van der Waals surface area (Å²) in [5, 5.41) is 47.3. The van der Waals surface area contributed by atoms with Crippen LogP contribution in [0, 0.1) is 11.8 Å². The van der Waals surface area contributed by atoms with Gasteiger partial charge in [-0.05, 0) is 65.5 Å². The maximum absolute atomic E-state index is 13.7. The van der Waals surface area contributed by atoms with Gasteiger partial charge in [0.2, 0.25) is 11.7 Å². The lowest BCUT2D eigenvalue weighted by Gasteiger charge is -2.50. The van der Waals surface area contributed by atoms with Crippen LogP contribution in [0.3, 0.4) is 0 Å². The summed E-state index contributed by atoms with van der Waals surface area (Å²) in [7, 11) is 6.56. The first-order chi connectivity index (χ1) is 17.6. The fourth-order valence-electron chi connectivity index (χ4n) is 5.80. The van der Waals surface area contributed by atoms with Crippen molar-refractivity contribution in [2.24, 2.45) is 17.6 Å². The van der Waals surface area contributed by atoms with Gasteiger partial charge in [-0.3, -0.25) is 29.0 Å². The average Bonchev–Trinajstić information content (AvgIpc) is 2.82. The Kier molecular flexibility index (Phi) is 6.63. The molecule has 0 bridgehead atoms. The number of anilines is 1. The summed E-state index contributed by atoms with van der Waals surface area (Å²) in [6.45, 7) is 1.66. The molecule has 0 saturated carbocycles. The highest BCUT2D eigenvalue weighted by Gasteiger charge is 2.63. The SMILES string of the molecule is CC(C(=O)Nc1ccc2c(c1O)C(=O)C1=C(O)[C@]3(O)C(=O)C(C(N)=O)=C(O)[C@@H](N(C)C)C3CC1C2)N(C)C. The number of carbonyl (C=O) groups is 4. The van der Waals surface area contributed by atoms with Gasteiger partial charge in [0.25, 0.3) is 5.91 Å². The number of nitrogens with two attached hydrogens (primary N) is 1. The van der Waals surface area contributed by atoms with E-state index < -0.39 is 75.7 Å². The number of likely N-dealkylation sites (N-methyl/N-ethyl adjacent to an activating group) is 2. The third-order valence-electron chi connectivity index (χ3n) is 8.01. The third kappa shape index (κ3) is 3.79. The lowest BCUT2D eigenvalue weighted by atomic mass is 9.58. The van der Waals surface area contributed by atoms with Gasteiger partial charge in [0.15, 0.2) is 17.1 Å². The number of benzene rings is 1. The molecule has 0 heterocycles. The van der Waals surface area contributed by atoms with Gasteiger partial charge >= 0.3 is 0 Å². The zero-order valence-electron chi connectivity index (χ0n) is 21.8. The fraction of sp³-hybridized carbons (Fsp3) is 0.462. The second-order valence-electron chi connectivity index (χ2n) is 10.6. The third-order valence-corrected chi connectivity index (χ3v) is 8.01. The lowest BCUT2D eigenvalue weighted by Crippen LogP contribution is -2.63. The summed E-state index contributed by atoms with van der Waals surface area (Å²) in [6, 6.07) is 1.49. The zero-order chi connectivity index (χ0) is 28.4. The molecule has 0 fully saturated rings. The molecule has 4 rings (SSSR count). The van der Waals surface area contributed by atoms with Crippen molar-refractivity contribution in [3.05, 3.63) is 45.9 Å². The van der Waals surface area contributed by atoms with E-state index in [2.05, 4.69) is 5.32 Å². The molecule has 12 nitrogen and oxygen atoms in total. The van der Waals surface area contributed by atoms with Crippen molar-refractivity contribution in [2.75, 3.05) is 33.5 Å². The number of allylic oxidation sites excluding steroid dienone is 1. The van der Waals surface area contributed by atoms with Gasteiger partial charge < -0.3 is 31.5 Å². The first-order valence-electron chi connectivity index (χ1n) is 12.1. The van der Waals surface area contributed by atoms with E-state index in [-0.39, 0.29) is 29.7 Å². The monoisotopic (exact) mass is 528 g/mol. The molecular weight excluding hydrogens is 496 g/mol. The minimum Gasteiger partial charge on any atom is -0.510 e. The molecule has 1 aromatic rings. The molecule has 0 aromatic heterocycles. The first kappa shape index (κ1) is 27.3. The van der Waals surface area contributed by atoms with Crippen LogP contribution in [-0.2, 0) is 20.8 Å². The van der Waals surface area contributed by atoms with E-state index in [0.29, 0.717) is 5.56 Å². The number of ketones is 2. The second kappa shape index (κ2) is 9.22. The number of nitrogens with one attached hydrogen (secondary N) is 1. The van der Waals surface area contributed by atoms with Gasteiger partial charge in [-0.2, -0.15) is 0 Å². The molecule has 204 valence electrons. The highest BCUT2D eigenvalue weighted by atomic mass is 16.3. The number of Topliss-reactive ketones (excluding diaryl/α,β-unsaturated/α-hetero) is 2. The molecule has 2 amide bonds. The number of aliphatic hydroxyl groups excluding tert-OH is 2. The molecule has 5 atom stereocenters. The van der Waals surface area contributed by atoms with E-state index in [4.69, 9.17) is 5.73 Å². The smallest absolute Gasteiger partial charge is 0.255 e. The van der Waals surface area contributed by atoms with Crippen LogP contribution in [0.15, 0.2) is 34.8 Å². The number of nitrogens with zero attached hydrogens (tertiary/aromatic N) is 2. The van der Waals surface area contributed by atoms with Crippen LogP contribution in [0.4, 0.5) is 5.69 Å². The van der Waals surface area contributed by atoms with E-state index in [9.17, 15) is 39.6 Å². The van der Waals surface area contributed by atoms with Crippen LogP contribution < -0.4 is 11.1 Å². The molecular formula is C26H32N4O8. The molecule has 38 heavy (non-hydrogen) atoms. The maximum atomic E-state index is 13.7. The van der Waals surface area contributed by atoms with Gasteiger partial charge in [0, 0.05) is 11.5 Å². The van der Waals surface area contributed by atoms with E-state index in [1.807, 2.05) is 0 Å². The molecule has 0 saturated heterocycles. The van der Waals surface area contributed by atoms with Crippen LogP contribution in [0.1, 0.15) is 29.3 Å². The number of phenolic OH excluding ortho intramolecular Hbond substituents is 1. The summed E-state index contributed by atoms with van der Waals surface area (Å²) in [5.41, 5.74) is 1.80. The first-order valence-corrected chi connectivity index (χ1v) is 12.1. The van der Waals surface area contributed by atoms with Crippen molar-refractivity contribution >= 4 is 29.1 Å². The Morgan fingerprint density at radius 1 is 1.13 bits per heavy atom.